The third-order valence-corrected chi connectivity index (χ3v) is 4.53. The summed E-state index contributed by atoms with van der Waals surface area (Å²) in [7, 11) is 1.63. The largest absolute Gasteiger partial charge is 0.497 e. The number of pyridine rings is 1. The smallest absolute Gasteiger partial charge is 0.251 e. The quantitative estimate of drug-likeness (QED) is 0.523. The molecule has 6 nitrogen and oxygen atoms in total. The van der Waals surface area contributed by atoms with Crippen LogP contribution in [0.5, 0.6) is 11.5 Å². The monoisotopic (exact) mass is 387 g/mol. The molecule has 6 heteroatoms. The molecule has 0 saturated heterocycles. The third kappa shape index (κ3) is 4.55. The van der Waals surface area contributed by atoms with Crippen LogP contribution in [0.25, 0.3) is 5.65 Å². The maximum Gasteiger partial charge on any atom is 0.251 e. The van der Waals surface area contributed by atoms with Crippen LogP contribution in [0, 0.1) is 0 Å². The number of methoxy groups -OCH3 is 1. The lowest BCUT2D eigenvalue weighted by atomic mass is 10.2. The van der Waals surface area contributed by atoms with Crippen LogP contribution in [0.1, 0.15) is 21.6 Å². The Morgan fingerprint density at radius 1 is 1.00 bits per heavy atom. The first-order valence-electron chi connectivity index (χ1n) is 9.28. The summed E-state index contributed by atoms with van der Waals surface area (Å²) in [6.45, 7) is 0.819. The normalized spacial score (nSPS) is 10.7. The molecule has 1 N–H and O–H groups in total. The number of hydrogen-bond acceptors (Lipinski definition) is 4. The summed E-state index contributed by atoms with van der Waals surface area (Å²) < 4.78 is 12.9. The molecule has 2 aromatic heterocycles. The highest BCUT2D eigenvalue weighted by molar-refractivity contribution is 5.94. The van der Waals surface area contributed by atoms with Crippen molar-refractivity contribution in [2.75, 3.05) is 7.11 Å². The van der Waals surface area contributed by atoms with E-state index >= 15 is 0 Å². The van der Waals surface area contributed by atoms with Crippen LogP contribution in [0.2, 0.25) is 0 Å². The van der Waals surface area contributed by atoms with Crippen molar-refractivity contribution in [1.29, 1.82) is 0 Å². The maximum atomic E-state index is 12.3. The Morgan fingerprint density at radius 3 is 2.48 bits per heavy atom. The molecule has 4 rings (SSSR count). The second-order valence-corrected chi connectivity index (χ2v) is 6.54. The molecule has 0 spiro atoms. The van der Waals surface area contributed by atoms with Crippen LogP contribution >= 0.6 is 0 Å². The number of rotatable bonds is 7. The predicted molar refractivity (Wildman–Crippen MR) is 110 cm³/mol. The number of amides is 1. The summed E-state index contributed by atoms with van der Waals surface area (Å²) in [5, 5.41) is 2.91. The van der Waals surface area contributed by atoms with Crippen LogP contribution in [0.4, 0.5) is 0 Å². The van der Waals surface area contributed by atoms with E-state index in [1.54, 1.807) is 31.4 Å². The van der Waals surface area contributed by atoms with Gasteiger partial charge in [-0.2, -0.15) is 0 Å². The Morgan fingerprint density at radius 2 is 1.76 bits per heavy atom. The summed E-state index contributed by atoms with van der Waals surface area (Å²) in [5.41, 5.74) is 3.32. The second kappa shape index (κ2) is 8.48. The zero-order valence-corrected chi connectivity index (χ0v) is 16.0. The van der Waals surface area contributed by atoms with Gasteiger partial charge in [0.2, 0.25) is 0 Å². The summed E-state index contributed by atoms with van der Waals surface area (Å²) in [6.07, 6.45) is 3.89. The number of ether oxygens (including phenoxy) is 2. The minimum absolute atomic E-state index is 0.132. The lowest BCUT2D eigenvalue weighted by Gasteiger charge is -2.08. The fraction of sp³-hybridized carbons (Fsp3) is 0.130. The minimum Gasteiger partial charge on any atom is -0.497 e. The molecular formula is C23H21N3O3. The highest BCUT2D eigenvalue weighted by Crippen LogP contribution is 2.15. The molecule has 0 aliphatic rings. The van der Waals surface area contributed by atoms with E-state index in [0.717, 1.165) is 22.7 Å². The predicted octanol–water partition coefficient (Wildman–Crippen LogP) is 3.85. The zero-order valence-electron chi connectivity index (χ0n) is 16.0. The van der Waals surface area contributed by atoms with Crippen LogP contribution in [0.3, 0.4) is 0 Å². The first kappa shape index (κ1) is 18.6. The highest BCUT2D eigenvalue weighted by atomic mass is 16.5. The molecule has 1 amide bonds. The van der Waals surface area contributed by atoms with E-state index in [4.69, 9.17) is 9.47 Å². The second-order valence-electron chi connectivity index (χ2n) is 6.54. The molecule has 0 saturated carbocycles. The molecule has 0 bridgehead atoms. The van der Waals surface area contributed by atoms with Crippen molar-refractivity contribution in [3.8, 4) is 11.5 Å². The highest BCUT2D eigenvalue weighted by Gasteiger charge is 2.07. The molecule has 4 aromatic rings. The van der Waals surface area contributed by atoms with Crippen LogP contribution in [0.15, 0.2) is 79.1 Å². The van der Waals surface area contributed by atoms with Gasteiger partial charge in [-0.05, 0) is 54.1 Å². The van der Waals surface area contributed by atoms with Gasteiger partial charge in [-0.15, -0.1) is 0 Å². The van der Waals surface area contributed by atoms with Crippen LogP contribution < -0.4 is 14.8 Å². The third-order valence-electron chi connectivity index (χ3n) is 4.53. The fourth-order valence-corrected chi connectivity index (χ4v) is 2.94. The fourth-order valence-electron chi connectivity index (χ4n) is 2.94. The maximum absolute atomic E-state index is 12.3. The van der Waals surface area contributed by atoms with Gasteiger partial charge in [-0.25, -0.2) is 4.98 Å². The molecule has 0 radical (unpaired) electrons. The van der Waals surface area contributed by atoms with Crippen molar-refractivity contribution in [2.45, 2.75) is 13.2 Å². The van der Waals surface area contributed by atoms with Gasteiger partial charge in [0.25, 0.3) is 5.91 Å². The zero-order chi connectivity index (χ0) is 20.1. The Bertz CT molecular complexity index is 1070. The van der Waals surface area contributed by atoms with Crippen molar-refractivity contribution >= 4 is 11.6 Å². The molecule has 0 fully saturated rings. The van der Waals surface area contributed by atoms with Gasteiger partial charge < -0.3 is 19.2 Å². The Hall–Kier alpha value is -3.80. The van der Waals surface area contributed by atoms with Gasteiger partial charge in [0.15, 0.2) is 0 Å². The number of carbonyl (C=O) groups is 1. The average molecular weight is 387 g/mol. The Kier molecular flexibility index (Phi) is 5.42. The SMILES string of the molecule is COc1ccc(CNC(=O)c2ccc(OCc3cn4ccccc4n3)cc2)cc1. The molecule has 0 aliphatic carbocycles. The molecule has 29 heavy (non-hydrogen) atoms. The number of carbonyl (C=O) groups excluding carboxylic acids is 1. The molecule has 2 heterocycles. The van der Waals surface area contributed by atoms with E-state index in [9.17, 15) is 4.79 Å². The average Bonchev–Trinajstić information content (AvgIpc) is 3.20. The van der Waals surface area contributed by atoms with Crippen LogP contribution in [-0.4, -0.2) is 22.4 Å². The van der Waals surface area contributed by atoms with Crippen molar-refractivity contribution in [2.24, 2.45) is 0 Å². The number of nitrogens with zero attached hydrogens (tertiary/aromatic N) is 2. The molecule has 0 unspecified atom stereocenters. The number of benzene rings is 2. The number of nitrogens with one attached hydrogen (secondary N) is 1. The molecule has 0 aliphatic heterocycles. The van der Waals surface area contributed by atoms with Crippen molar-refractivity contribution in [3.63, 3.8) is 0 Å². The van der Waals surface area contributed by atoms with E-state index < -0.39 is 0 Å². The van der Waals surface area contributed by atoms with E-state index in [0.29, 0.717) is 24.5 Å². The van der Waals surface area contributed by atoms with Gasteiger partial charge in [0.1, 0.15) is 23.8 Å². The molecule has 0 atom stereocenters. The Labute approximate surface area is 168 Å². The van der Waals surface area contributed by atoms with Gasteiger partial charge in [-0.1, -0.05) is 18.2 Å². The van der Waals surface area contributed by atoms with Gasteiger partial charge in [-0.3, -0.25) is 4.79 Å². The van der Waals surface area contributed by atoms with Gasteiger partial charge in [0.05, 0.1) is 12.8 Å². The molecule has 146 valence electrons. The summed E-state index contributed by atoms with van der Waals surface area (Å²) in [4.78, 5) is 16.8. The topological polar surface area (TPSA) is 64.9 Å². The minimum atomic E-state index is -0.132. The summed E-state index contributed by atoms with van der Waals surface area (Å²) >= 11 is 0. The van der Waals surface area contributed by atoms with E-state index in [-0.39, 0.29) is 5.91 Å². The lowest BCUT2D eigenvalue weighted by Crippen LogP contribution is -2.22. The molecule has 2 aromatic carbocycles. The van der Waals surface area contributed by atoms with Gasteiger partial charge >= 0.3 is 0 Å². The number of aromatic nitrogens is 2. The number of hydrogen-bond donors (Lipinski definition) is 1. The van der Waals surface area contributed by atoms with E-state index in [1.165, 1.54) is 0 Å². The number of fused-ring (bicyclic) bond motifs is 1. The molecular weight excluding hydrogens is 366 g/mol. The van der Waals surface area contributed by atoms with Crippen molar-refractivity contribution < 1.29 is 14.3 Å². The summed E-state index contributed by atoms with van der Waals surface area (Å²) in [5.74, 6) is 1.35. The Balaban J connectivity index is 1.31. The number of imidazole rings is 1. The van der Waals surface area contributed by atoms with Gasteiger partial charge in [0, 0.05) is 24.5 Å². The lowest BCUT2D eigenvalue weighted by molar-refractivity contribution is 0.0951. The van der Waals surface area contributed by atoms with Crippen molar-refractivity contribution in [3.05, 3.63) is 95.9 Å². The standard InChI is InChI=1S/C23H21N3O3/c1-28-20-9-5-17(6-10-20)14-24-23(27)18-7-11-21(12-8-18)29-16-19-15-26-13-3-2-4-22(26)25-19/h2-13,15H,14,16H2,1H3,(H,24,27). The summed E-state index contributed by atoms with van der Waals surface area (Å²) in [6, 6.07) is 20.5. The van der Waals surface area contributed by atoms with E-state index in [1.807, 2.05) is 59.3 Å². The van der Waals surface area contributed by atoms with Crippen LogP contribution in [-0.2, 0) is 13.2 Å². The first-order valence-corrected chi connectivity index (χ1v) is 9.28. The first-order chi connectivity index (χ1) is 14.2. The van der Waals surface area contributed by atoms with E-state index in [2.05, 4.69) is 10.3 Å². The van der Waals surface area contributed by atoms with Crippen molar-refractivity contribution in [1.82, 2.24) is 14.7 Å².